The lowest BCUT2D eigenvalue weighted by Gasteiger charge is -2.27. The lowest BCUT2D eigenvalue weighted by Crippen LogP contribution is -2.59. The molecule has 2 aliphatic heterocycles. The number of carbonyl (C=O) groups is 4. The van der Waals surface area contributed by atoms with E-state index in [2.05, 4.69) is 47.8 Å². The Morgan fingerprint density at radius 3 is 2.23 bits per heavy atom. The first-order chi connectivity index (χ1) is 20.0. The molecule has 0 fully saturated rings. The van der Waals surface area contributed by atoms with Gasteiger partial charge in [0, 0.05) is 12.8 Å². The van der Waals surface area contributed by atoms with E-state index in [9.17, 15) is 29.4 Å². The summed E-state index contributed by atoms with van der Waals surface area (Å²) in [7, 11) is 1.17. The van der Waals surface area contributed by atoms with Crippen LogP contribution in [-0.4, -0.2) is 71.0 Å². The number of nitrogens with one attached hydrogen (secondary N) is 3. The highest BCUT2D eigenvalue weighted by atomic mass is 127. The number of aliphatic hydroxyl groups is 1. The Hall–Kier alpha value is -2.63. The quantitative estimate of drug-likeness (QED) is 0.228. The molecule has 43 heavy (non-hydrogen) atoms. The number of ether oxygens (including phenoxy) is 3. The topological polar surface area (TPSA) is 173 Å². The minimum absolute atomic E-state index is 0.0160. The average molecular weight is 841 g/mol. The molecule has 0 aromatic heterocycles. The van der Waals surface area contributed by atoms with Crippen molar-refractivity contribution in [2.45, 2.75) is 70.4 Å². The molecule has 4 bridgehead atoms. The average Bonchev–Trinajstić information content (AvgIpc) is 2.88. The third-order valence-electron chi connectivity index (χ3n) is 6.11. The molecule has 12 nitrogen and oxygen atoms in total. The fourth-order valence-corrected chi connectivity index (χ4v) is 6.26. The van der Waals surface area contributed by atoms with Crippen LogP contribution in [0.5, 0.6) is 17.2 Å². The SMILES string of the molecule is COC(=O)[C@@H]1Cc2cc(Br)c(c(Br)c2)Oc2cc(cc(I)c2O)C[C@H](NC(=O)OC(C)(C)C)C(=O)N[C@@H](C(C)O)C(=O)N1. The Morgan fingerprint density at radius 2 is 1.67 bits per heavy atom. The second kappa shape index (κ2) is 14.4. The molecule has 15 heteroatoms. The van der Waals surface area contributed by atoms with Crippen molar-refractivity contribution in [1.29, 1.82) is 0 Å². The summed E-state index contributed by atoms with van der Waals surface area (Å²) in [5, 5.41) is 28.8. The van der Waals surface area contributed by atoms with Crippen molar-refractivity contribution in [3.63, 3.8) is 0 Å². The molecular weight excluding hydrogens is 809 g/mol. The highest BCUT2D eigenvalue weighted by Gasteiger charge is 2.34. The molecule has 0 saturated carbocycles. The van der Waals surface area contributed by atoms with Gasteiger partial charge in [-0.05, 0) is 118 Å². The van der Waals surface area contributed by atoms with Crippen LogP contribution in [0.4, 0.5) is 4.79 Å². The molecular formula is C28H32Br2IN3O9. The van der Waals surface area contributed by atoms with E-state index in [-0.39, 0.29) is 24.3 Å². The van der Waals surface area contributed by atoms with Gasteiger partial charge in [0.25, 0.3) is 0 Å². The van der Waals surface area contributed by atoms with Crippen molar-refractivity contribution in [1.82, 2.24) is 16.0 Å². The van der Waals surface area contributed by atoms with Crippen LogP contribution in [0.1, 0.15) is 38.8 Å². The van der Waals surface area contributed by atoms with E-state index in [1.165, 1.54) is 20.1 Å². The lowest BCUT2D eigenvalue weighted by molar-refractivity contribution is -0.145. The van der Waals surface area contributed by atoms with E-state index in [0.717, 1.165) is 0 Å². The van der Waals surface area contributed by atoms with Gasteiger partial charge in [-0.3, -0.25) is 9.59 Å². The van der Waals surface area contributed by atoms with Gasteiger partial charge in [0.05, 0.1) is 25.7 Å². The first-order valence-corrected chi connectivity index (χ1v) is 15.7. The summed E-state index contributed by atoms with van der Waals surface area (Å²) < 4.78 is 17.7. The lowest BCUT2D eigenvalue weighted by atomic mass is 10.0. The number of amides is 3. The van der Waals surface area contributed by atoms with Crippen LogP contribution in [0.15, 0.2) is 33.2 Å². The molecule has 2 aromatic carbocycles. The van der Waals surface area contributed by atoms with Crippen LogP contribution in [0.25, 0.3) is 0 Å². The van der Waals surface area contributed by atoms with Gasteiger partial charge in [-0.15, -0.1) is 0 Å². The van der Waals surface area contributed by atoms with E-state index in [0.29, 0.717) is 29.4 Å². The van der Waals surface area contributed by atoms with Crippen molar-refractivity contribution in [3.8, 4) is 17.2 Å². The zero-order valence-electron chi connectivity index (χ0n) is 23.9. The highest BCUT2D eigenvalue weighted by Crippen LogP contribution is 2.42. The first-order valence-electron chi connectivity index (χ1n) is 13.0. The molecule has 2 heterocycles. The zero-order valence-corrected chi connectivity index (χ0v) is 29.2. The first kappa shape index (κ1) is 34.9. The van der Waals surface area contributed by atoms with Gasteiger partial charge in [-0.1, -0.05) is 0 Å². The Morgan fingerprint density at radius 1 is 1.07 bits per heavy atom. The summed E-state index contributed by atoms with van der Waals surface area (Å²) in [5.41, 5.74) is 0.219. The Kier molecular flexibility index (Phi) is 11.7. The van der Waals surface area contributed by atoms with Gasteiger partial charge >= 0.3 is 12.1 Å². The van der Waals surface area contributed by atoms with E-state index in [1.54, 1.807) is 39.0 Å². The van der Waals surface area contributed by atoms with Gasteiger partial charge < -0.3 is 40.4 Å². The number of phenols is 1. The van der Waals surface area contributed by atoms with E-state index < -0.39 is 53.7 Å². The normalized spacial score (nSPS) is 20.2. The molecule has 2 aromatic rings. The number of carbonyl (C=O) groups excluding carboxylic acids is 4. The van der Waals surface area contributed by atoms with Gasteiger partial charge in [0.2, 0.25) is 11.8 Å². The monoisotopic (exact) mass is 839 g/mol. The van der Waals surface area contributed by atoms with Crippen LogP contribution in [0, 0.1) is 3.57 Å². The molecule has 0 radical (unpaired) electrons. The number of esters is 1. The number of halogens is 3. The number of aromatic hydroxyl groups is 1. The Balaban J connectivity index is 2.17. The van der Waals surface area contributed by atoms with Gasteiger partial charge in [-0.25, -0.2) is 9.59 Å². The van der Waals surface area contributed by atoms with Crippen molar-refractivity contribution >= 4 is 78.3 Å². The molecule has 234 valence electrons. The van der Waals surface area contributed by atoms with Crippen LogP contribution in [-0.2, 0) is 36.7 Å². The van der Waals surface area contributed by atoms with E-state index in [1.807, 2.05) is 22.6 Å². The molecule has 1 unspecified atom stereocenters. The summed E-state index contributed by atoms with van der Waals surface area (Å²) >= 11 is 8.86. The van der Waals surface area contributed by atoms with Gasteiger partial charge in [0.15, 0.2) is 17.2 Å². The zero-order chi connectivity index (χ0) is 32.2. The fourth-order valence-electron chi connectivity index (χ4n) is 4.15. The molecule has 0 saturated heterocycles. The predicted octanol–water partition coefficient (Wildman–Crippen LogP) is 3.83. The third kappa shape index (κ3) is 9.43. The van der Waals surface area contributed by atoms with Gasteiger partial charge in [-0.2, -0.15) is 0 Å². The van der Waals surface area contributed by atoms with Crippen molar-refractivity contribution in [2.24, 2.45) is 0 Å². The number of hydrogen-bond donors (Lipinski definition) is 5. The molecule has 2 aliphatic rings. The van der Waals surface area contributed by atoms with Crippen LogP contribution in [0.3, 0.4) is 0 Å². The summed E-state index contributed by atoms with van der Waals surface area (Å²) in [6.45, 7) is 6.28. The fraction of sp³-hybridized carbons (Fsp3) is 0.429. The second-order valence-electron chi connectivity index (χ2n) is 10.8. The summed E-state index contributed by atoms with van der Waals surface area (Å²) in [4.78, 5) is 52.3. The number of methoxy groups -OCH3 is 1. The van der Waals surface area contributed by atoms with E-state index >= 15 is 0 Å². The molecule has 3 amide bonds. The minimum Gasteiger partial charge on any atom is -0.504 e. The number of phenolic OH excluding ortho intramolecular Hbond substituents is 1. The molecule has 4 atom stereocenters. The highest BCUT2D eigenvalue weighted by molar-refractivity contribution is 14.1. The van der Waals surface area contributed by atoms with Crippen molar-refractivity contribution in [2.75, 3.05) is 7.11 Å². The molecule has 4 rings (SSSR count). The summed E-state index contributed by atoms with van der Waals surface area (Å²) in [6.07, 6.45) is -2.40. The van der Waals surface area contributed by atoms with Gasteiger partial charge in [0.1, 0.15) is 23.7 Å². The van der Waals surface area contributed by atoms with E-state index in [4.69, 9.17) is 14.2 Å². The smallest absolute Gasteiger partial charge is 0.408 e. The third-order valence-corrected chi connectivity index (χ3v) is 8.11. The summed E-state index contributed by atoms with van der Waals surface area (Å²) in [5.74, 6) is -2.18. The largest absolute Gasteiger partial charge is 0.504 e. The number of rotatable bonds is 3. The molecule has 5 N–H and O–H groups in total. The number of benzene rings is 2. The van der Waals surface area contributed by atoms with Crippen molar-refractivity contribution in [3.05, 3.63) is 47.9 Å². The standard InChI is InChI=1S/C28H32Br2IN3O9/c1-12(35)21-25(38)32-19(26(39)41-5)10-13-6-15(29)23(16(30)7-13)42-20-11-14(8-17(31)22(20)36)9-18(24(37)34-21)33-27(40)43-28(2,3)4/h6-8,11-12,18-19,21,35-36H,9-10H2,1-5H3,(H,32,38)(H,33,40)(H,34,37)/t12?,18-,19-,21-/m0/s1. The molecule has 0 aliphatic carbocycles. The van der Waals surface area contributed by atoms with Crippen LogP contribution < -0.4 is 20.7 Å². The summed E-state index contributed by atoms with van der Waals surface area (Å²) in [6, 6.07) is 2.52. The Labute approximate surface area is 279 Å². The van der Waals surface area contributed by atoms with Crippen LogP contribution in [0.2, 0.25) is 0 Å². The molecule has 0 spiro atoms. The predicted molar refractivity (Wildman–Crippen MR) is 171 cm³/mol. The maximum atomic E-state index is 13.6. The maximum Gasteiger partial charge on any atom is 0.408 e. The number of fused-ring (bicyclic) bond motifs is 10. The number of hydrogen-bond acceptors (Lipinski definition) is 9. The Bertz CT molecular complexity index is 1390. The number of aliphatic hydroxyl groups excluding tert-OH is 1. The van der Waals surface area contributed by atoms with Crippen LogP contribution >= 0.6 is 54.5 Å². The number of alkyl carbamates (subject to hydrolysis) is 1. The maximum absolute atomic E-state index is 13.6. The van der Waals surface area contributed by atoms with Crippen molar-refractivity contribution < 1.29 is 43.6 Å². The minimum atomic E-state index is -1.50. The second-order valence-corrected chi connectivity index (χ2v) is 13.7.